The molecule has 9 heteroatoms. The van der Waals surface area contributed by atoms with E-state index in [0.29, 0.717) is 11.4 Å². The normalized spacial score (nSPS) is 10.5. The number of carbonyl (C=O) groups excluding carboxylic acids is 2. The van der Waals surface area contributed by atoms with Crippen molar-refractivity contribution >= 4 is 28.3 Å². The van der Waals surface area contributed by atoms with Crippen molar-refractivity contribution in [2.45, 2.75) is 6.54 Å². The van der Waals surface area contributed by atoms with E-state index < -0.39 is 22.9 Å². The molecule has 0 spiro atoms. The van der Waals surface area contributed by atoms with E-state index in [9.17, 15) is 19.2 Å². The minimum Gasteiger partial charge on any atom is -0.484 e. The monoisotopic (exact) mass is 368 g/mol. The standard InChI is InChI=1S/C18H16N4O5/c19-15(23)10-27-12-7-5-11(6-8-12)20-16(24)9-22-18(26)14-4-2-1-3-13(14)17(25)21-22/h1-8H,9-10H2,(H2,19,23)(H,20,24)(H,21,25). The second-order valence-electron chi connectivity index (χ2n) is 5.71. The van der Waals surface area contributed by atoms with Gasteiger partial charge in [-0.25, -0.2) is 4.68 Å². The topological polar surface area (TPSA) is 136 Å². The van der Waals surface area contributed by atoms with E-state index in [-0.39, 0.29) is 23.9 Å². The van der Waals surface area contributed by atoms with Crippen LogP contribution in [-0.2, 0) is 16.1 Å². The van der Waals surface area contributed by atoms with Crippen LogP contribution in [0.1, 0.15) is 0 Å². The number of fused-ring (bicyclic) bond motifs is 1. The molecule has 0 atom stereocenters. The van der Waals surface area contributed by atoms with Crippen molar-refractivity contribution < 1.29 is 14.3 Å². The third-order valence-corrected chi connectivity index (χ3v) is 3.70. The highest BCUT2D eigenvalue weighted by molar-refractivity contribution is 5.90. The van der Waals surface area contributed by atoms with Crippen molar-refractivity contribution in [2.24, 2.45) is 5.73 Å². The largest absolute Gasteiger partial charge is 0.484 e. The summed E-state index contributed by atoms with van der Waals surface area (Å²) in [6.45, 7) is -0.594. The SMILES string of the molecule is NC(=O)COc1ccc(NC(=O)Cn2[nH]c(=O)c3ccccc3c2=O)cc1. The third-order valence-electron chi connectivity index (χ3n) is 3.70. The molecule has 0 saturated carbocycles. The zero-order chi connectivity index (χ0) is 19.4. The van der Waals surface area contributed by atoms with Crippen LogP contribution in [0.25, 0.3) is 10.8 Å². The van der Waals surface area contributed by atoms with Crippen LogP contribution in [-0.4, -0.2) is 28.2 Å². The van der Waals surface area contributed by atoms with Gasteiger partial charge in [-0.3, -0.25) is 24.3 Å². The summed E-state index contributed by atoms with van der Waals surface area (Å²) in [5.74, 6) is -0.669. The van der Waals surface area contributed by atoms with Crippen molar-refractivity contribution in [1.29, 1.82) is 0 Å². The molecule has 0 aliphatic rings. The van der Waals surface area contributed by atoms with E-state index in [1.807, 2.05) is 0 Å². The van der Waals surface area contributed by atoms with E-state index in [4.69, 9.17) is 10.5 Å². The Bertz CT molecular complexity index is 1120. The van der Waals surface area contributed by atoms with Crippen LogP contribution < -0.4 is 26.9 Å². The van der Waals surface area contributed by atoms with Gasteiger partial charge in [0.1, 0.15) is 12.3 Å². The first-order chi connectivity index (χ1) is 12.9. The summed E-state index contributed by atoms with van der Waals surface area (Å²) in [5.41, 5.74) is 4.54. The summed E-state index contributed by atoms with van der Waals surface area (Å²) in [5, 5.41) is 5.51. The molecule has 1 heterocycles. The van der Waals surface area contributed by atoms with Gasteiger partial charge >= 0.3 is 0 Å². The van der Waals surface area contributed by atoms with Gasteiger partial charge in [0.2, 0.25) is 5.91 Å². The molecular weight excluding hydrogens is 352 g/mol. The summed E-state index contributed by atoms with van der Waals surface area (Å²) < 4.78 is 6.08. The number of hydrogen-bond acceptors (Lipinski definition) is 5. The number of primary amides is 1. The smallest absolute Gasteiger partial charge is 0.273 e. The predicted octanol–water partition coefficient (Wildman–Crippen LogP) is 0.193. The van der Waals surface area contributed by atoms with Crippen LogP contribution in [0.2, 0.25) is 0 Å². The summed E-state index contributed by atoms with van der Waals surface area (Å²) in [4.78, 5) is 47.3. The molecule has 9 nitrogen and oxygen atoms in total. The molecule has 0 fully saturated rings. The number of hydrogen-bond donors (Lipinski definition) is 3. The molecule has 138 valence electrons. The highest BCUT2D eigenvalue weighted by Gasteiger charge is 2.10. The molecule has 0 radical (unpaired) electrons. The summed E-state index contributed by atoms with van der Waals surface area (Å²) in [6, 6.07) is 12.6. The molecule has 0 unspecified atom stereocenters. The second kappa shape index (κ2) is 7.56. The lowest BCUT2D eigenvalue weighted by molar-refractivity contribution is -0.120. The number of H-pyrrole nitrogens is 1. The van der Waals surface area contributed by atoms with Gasteiger partial charge in [-0.15, -0.1) is 0 Å². The maximum atomic E-state index is 12.4. The molecule has 3 aromatic rings. The zero-order valence-corrected chi connectivity index (χ0v) is 14.1. The van der Waals surface area contributed by atoms with E-state index in [1.54, 1.807) is 42.5 Å². The molecule has 1 aromatic heterocycles. The van der Waals surface area contributed by atoms with Gasteiger partial charge in [-0.2, -0.15) is 0 Å². The Labute approximate surface area is 152 Å². The number of nitrogens with zero attached hydrogens (tertiary/aromatic N) is 1. The van der Waals surface area contributed by atoms with Gasteiger partial charge in [-0.05, 0) is 36.4 Å². The number of amides is 2. The van der Waals surface area contributed by atoms with Crippen LogP contribution in [0.5, 0.6) is 5.75 Å². The molecule has 0 aliphatic heterocycles. The lowest BCUT2D eigenvalue weighted by Gasteiger charge is -2.09. The third kappa shape index (κ3) is 4.21. The molecule has 0 saturated heterocycles. The number of ether oxygens (including phenoxy) is 1. The maximum absolute atomic E-state index is 12.4. The fraction of sp³-hybridized carbons (Fsp3) is 0.111. The van der Waals surface area contributed by atoms with Crippen LogP contribution >= 0.6 is 0 Å². The number of rotatable bonds is 6. The molecule has 4 N–H and O–H groups in total. The number of aromatic amines is 1. The number of carbonyl (C=O) groups is 2. The minimum atomic E-state index is -0.595. The number of aromatic nitrogens is 2. The first kappa shape index (κ1) is 17.9. The van der Waals surface area contributed by atoms with E-state index in [0.717, 1.165) is 4.68 Å². The fourth-order valence-corrected chi connectivity index (χ4v) is 2.49. The van der Waals surface area contributed by atoms with Crippen LogP contribution in [0, 0.1) is 0 Å². The first-order valence-electron chi connectivity index (χ1n) is 7.97. The van der Waals surface area contributed by atoms with Crippen molar-refractivity contribution in [3.8, 4) is 5.75 Å². The average Bonchev–Trinajstić information content (AvgIpc) is 2.65. The highest BCUT2D eigenvalue weighted by Crippen LogP contribution is 2.15. The maximum Gasteiger partial charge on any atom is 0.273 e. The molecular formula is C18H16N4O5. The van der Waals surface area contributed by atoms with Crippen molar-refractivity contribution in [3.63, 3.8) is 0 Å². The Hall–Kier alpha value is -3.88. The van der Waals surface area contributed by atoms with E-state index >= 15 is 0 Å². The van der Waals surface area contributed by atoms with Crippen LogP contribution in [0.15, 0.2) is 58.1 Å². The Balaban J connectivity index is 1.72. The summed E-state index contributed by atoms with van der Waals surface area (Å²) in [6.07, 6.45) is 0. The number of anilines is 1. The van der Waals surface area contributed by atoms with Gasteiger partial charge in [-0.1, -0.05) is 12.1 Å². The Morgan fingerprint density at radius 3 is 2.37 bits per heavy atom. The van der Waals surface area contributed by atoms with Gasteiger partial charge in [0.25, 0.3) is 17.0 Å². The van der Waals surface area contributed by atoms with Gasteiger partial charge in [0.15, 0.2) is 6.61 Å². The van der Waals surface area contributed by atoms with Crippen molar-refractivity contribution in [2.75, 3.05) is 11.9 Å². The predicted molar refractivity (Wildman–Crippen MR) is 98.6 cm³/mol. The highest BCUT2D eigenvalue weighted by atomic mass is 16.5. The molecule has 27 heavy (non-hydrogen) atoms. The summed E-state index contributed by atoms with van der Waals surface area (Å²) >= 11 is 0. The van der Waals surface area contributed by atoms with Crippen molar-refractivity contribution in [1.82, 2.24) is 9.78 Å². The average molecular weight is 368 g/mol. The molecule has 0 bridgehead atoms. The van der Waals surface area contributed by atoms with Gasteiger partial charge in [0, 0.05) is 5.69 Å². The molecule has 3 rings (SSSR count). The molecule has 2 amide bonds. The minimum absolute atomic E-state index is 0.241. The van der Waals surface area contributed by atoms with Gasteiger partial charge < -0.3 is 15.8 Å². The zero-order valence-electron chi connectivity index (χ0n) is 14.1. The molecule has 0 aliphatic carbocycles. The Morgan fingerprint density at radius 2 is 1.70 bits per heavy atom. The van der Waals surface area contributed by atoms with E-state index in [1.165, 1.54) is 6.07 Å². The summed E-state index contributed by atoms with van der Waals surface area (Å²) in [7, 11) is 0. The lowest BCUT2D eigenvalue weighted by Crippen LogP contribution is -2.34. The first-order valence-corrected chi connectivity index (χ1v) is 7.97. The fourth-order valence-electron chi connectivity index (χ4n) is 2.49. The quantitative estimate of drug-likeness (QED) is 0.571. The van der Waals surface area contributed by atoms with E-state index in [2.05, 4.69) is 10.4 Å². The Kier molecular flexibility index (Phi) is 5.02. The Morgan fingerprint density at radius 1 is 1.04 bits per heavy atom. The second-order valence-corrected chi connectivity index (χ2v) is 5.71. The number of nitrogens with two attached hydrogens (primary N) is 1. The number of nitrogens with one attached hydrogen (secondary N) is 2. The van der Waals surface area contributed by atoms with Crippen LogP contribution in [0.3, 0.4) is 0 Å². The van der Waals surface area contributed by atoms with Crippen molar-refractivity contribution in [3.05, 3.63) is 69.2 Å². The van der Waals surface area contributed by atoms with Gasteiger partial charge in [0.05, 0.1) is 10.8 Å². The number of benzene rings is 2. The van der Waals surface area contributed by atoms with Crippen LogP contribution in [0.4, 0.5) is 5.69 Å². The molecule has 2 aromatic carbocycles. The lowest BCUT2D eigenvalue weighted by atomic mass is 10.2.